The van der Waals surface area contributed by atoms with Gasteiger partial charge >= 0.3 is 0 Å². The first kappa shape index (κ1) is 15.0. The molecule has 3 N–H and O–H groups in total. The van der Waals surface area contributed by atoms with Gasteiger partial charge in [-0.05, 0) is 33.2 Å². The van der Waals surface area contributed by atoms with E-state index in [0.717, 1.165) is 17.5 Å². The van der Waals surface area contributed by atoms with E-state index in [0.29, 0.717) is 22.9 Å². The summed E-state index contributed by atoms with van der Waals surface area (Å²) in [4.78, 5) is 4.58. The van der Waals surface area contributed by atoms with Crippen LogP contribution in [0.15, 0.2) is 36.0 Å². The summed E-state index contributed by atoms with van der Waals surface area (Å²) >= 11 is 1.73. The molecule has 0 aliphatic heterocycles. The van der Waals surface area contributed by atoms with E-state index >= 15 is 0 Å². The third-order valence-corrected chi connectivity index (χ3v) is 5.59. The number of nitrogens with two attached hydrogens (primary N) is 1. The molecule has 5 aromatic rings. The van der Waals surface area contributed by atoms with Crippen molar-refractivity contribution in [2.45, 2.75) is 13.3 Å². The third kappa shape index (κ3) is 2.04. The van der Waals surface area contributed by atoms with E-state index in [1.165, 1.54) is 15.6 Å². The molecule has 0 aliphatic rings. The summed E-state index contributed by atoms with van der Waals surface area (Å²) in [6.07, 6.45) is 4.45. The quantitative estimate of drug-likeness (QED) is 0.510. The number of tetrazole rings is 1. The van der Waals surface area contributed by atoms with E-state index in [2.05, 4.69) is 61.2 Å². The summed E-state index contributed by atoms with van der Waals surface area (Å²) in [5.74, 6) is 1.04. The second-order valence-electron chi connectivity index (χ2n) is 5.90. The number of aromatic nitrogens is 7. The molecule has 0 unspecified atom stereocenters. The van der Waals surface area contributed by atoms with Crippen molar-refractivity contribution in [1.29, 1.82) is 0 Å². The molecule has 0 spiro atoms. The molecule has 5 rings (SSSR count). The molecule has 128 valence electrons. The van der Waals surface area contributed by atoms with Crippen LogP contribution in [0.5, 0.6) is 0 Å². The Hall–Kier alpha value is -3.33. The first-order chi connectivity index (χ1) is 12.8. The van der Waals surface area contributed by atoms with Crippen molar-refractivity contribution < 1.29 is 0 Å². The normalized spacial score (nSPS) is 11.6. The summed E-state index contributed by atoms with van der Waals surface area (Å²) in [7, 11) is 0. The minimum absolute atomic E-state index is 0.507. The van der Waals surface area contributed by atoms with Crippen molar-refractivity contribution in [3.63, 3.8) is 0 Å². The molecule has 0 atom stereocenters. The lowest BCUT2D eigenvalue weighted by molar-refractivity contribution is 0.881. The minimum atomic E-state index is 0.507. The zero-order valence-corrected chi connectivity index (χ0v) is 14.7. The molecule has 0 amide bonds. The number of benzene rings is 1. The Bertz CT molecular complexity index is 1230. The van der Waals surface area contributed by atoms with Gasteiger partial charge in [0.25, 0.3) is 0 Å². The summed E-state index contributed by atoms with van der Waals surface area (Å²) in [6, 6.07) is 6.28. The maximum Gasteiger partial charge on any atom is 0.184 e. The molecule has 0 saturated carbocycles. The SMILES string of the molecule is CCc1csc2c(-c3cnc4c(-c5nnn[nH]5)cnn4c3N)cccc12. The Morgan fingerprint density at radius 1 is 1.19 bits per heavy atom. The summed E-state index contributed by atoms with van der Waals surface area (Å²) < 4.78 is 2.84. The molecular weight excluding hydrogens is 348 g/mol. The average Bonchev–Trinajstić information content (AvgIpc) is 3.40. The van der Waals surface area contributed by atoms with Gasteiger partial charge in [-0.25, -0.2) is 10.1 Å². The van der Waals surface area contributed by atoms with E-state index in [-0.39, 0.29) is 0 Å². The number of hydrogen-bond acceptors (Lipinski definition) is 7. The number of fused-ring (bicyclic) bond motifs is 2. The average molecular weight is 362 g/mol. The standard InChI is InChI=1S/C17H14N8S/c1-2-9-8-26-14-10(9)4-3-5-11(14)12-6-19-17-13(16-21-23-24-22-16)7-20-25(17)15(12)18/h3-8H,2,18H2,1H3,(H,21,22,23,24). The van der Waals surface area contributed by atoms with Crippen LogP contribution in [-0.2, 0) is 6.42 Å². The van der Waals surface area contributed by atoms with Gasteiger partial charge in [0.15, 0.2) is 11.5 Å². The fraction of sp³-hybridized carbons (Fsp3) is 0.118. The number of hydrogen-bond donors (Lipinski definition) is 2. The molecule has 1 aromatic carbocycles. The molecule has 0 aliphatic carbocycles. The van der Waals surface area contributed by atoms with Crippen LogP contribution < -0.4 is 5.73 Å². The summed E-state index contributed by atoms with van der Waals surface area (Å²) in [6.45, 7) is 2.17. The van der Waals surface area contributed by atoms with Crippen molar-refractivity contribution in [2.75, 3.05) is 5.73 Å². The number of aromatic amines is 1. The van der Waals surface area contributed by atoms with Crippen molar-refractivity contribution >= 4 is 32.9 Å². The fourth-order valence-corrected chi connectivity index (χ4v) is 4.38. The third-order valence-electron chi connectivity index (χ3n) is 4.52. The molecule has 0 bridgehead atoms. The highest BCUT2D eigenvalue weighted by Crippen LogP contribution is 2.37. The van der Waals surface area contributed by atoms with E-state index in [1.54, 1.807) is 28.2 Å². The molecule has 26 heavy (non-hydrogen) atoms. The lowest BCUT2D eigenvalue weighted by Gasteiger charge is -2.09. The highest BCUT2D eigenvalue weighted by Gasteiger charge is 2.17. The summed E-state index contributed by atoms with van der Waals surface area (Å²) in [5, 5.41) is 21.7. The van der Waals surface area contributed by atoms with E-state index in [1.807, 2.05) is 0 Å². The highest BCUT2D eigenvalue weighted by atomic mass is 32.1. The second-order valence-corrected chi connectivity index (χ2v) is 6.78. The maximum absolute atomic E-state index is 6.45. The van der Waals surface area contributed by atoms with Crippen LogP contribution in [0.2, 0.25) is 0 Å². The van der Waals surface area contributed by atoms with Gasteiger partial charge in [0, 0.05) is 22.0 Å². The second kappa shape index (κ2) is 5.60. The van der Waals surface area contributed by atoms with Crippen molar-refractivity contribution in [1.82, 2.24) is 35.2 Å². The van der Waals surface area contributed by atoms with Gasteiger partial charge in [-0.1, -0.05) is 25.1 Å². The van der Waals surface area contributed by atoms with Crippen LogP contribution in [0.1, 0.15) is 12.5 Å². The largest absolute Gasteiger partial charge is 0.383 e. The summed E-state index contributed by atoms with van der Waals surface area (Å²) in [5.41, 5.74) is 11.0. The number of nitrogens with zero attached hydrogens (tertiary/aromatic N) is 6. The monoisotopic (exact) mass is 362 g/mol. The zero-order chi connectivity index (χ0) is 17.7. The molecule has 8 nitrogen and oxygen atoms in total. The van der Waals surface area contributed by atoms with E-state index in [4.69, 9.17) is 5.73 Å². The highest BCUT2D eigenvalue weighted by molar-refractivity contribution is 7.18. The lowest BCUT2D eigenvalue weighted by Crippen LogP contribution is -2.03. The number of rotatable bonds is 3. The molecular formula is C17H14N8S. The Labute approximate surface area is 151 Å². The Balaban J connectivity index is 1.74. The number of nitrogen functional groups attached to an aromatic ring is 1. The molecule has 4 heterocycles. The topological polar surface area (TPSA) is 111 Å². The number of nitrogens with one attached hydrogen (secondary N) is 1. The molecule has 0 saturated heterocycles. The van der Waals surface area contributed by atoms with E-state index in [9.17, 15) is 0 Å². The van der Waals surface area contributed by atoms with Crippen LogP contribution in [0.4, 0.5) is 5.82 Å². The number of aryl methyl sites for hydroxylation is 1. The predicted octanol–water partition coefficient (Wildman–Crippen LogP) is 2.94. The number of anilines is 1. The van der Waals surface area contributed by atoms with Crippen LogP contribution >= 0.6 is 11.3 Å². The first-order valence-corrected chi connectivity index (χ1v) is 9.01. The molecule has 0 fully saturated rings. The molecule has 4 aromatic heterocycles. The fourth-order valence-electron chi connectivity index (χ4n) is 3.19. The van der Waals surface area contributed by atoms with Crippen LogP contribution in [0.3, 0.4) is 0 Å². The smallest absolute Gasteiger partial charge is 0.184 e. The van der Waals surface area contributed by atoms with Crippen molar-refractivity contribution in [3.8, 4) is 22.5 Å². The maximum atomic E-state index is 6.45. The Morgan fingerprint density at radius 3 is 2.92 bits per heavy atom. The van der Waals surface area contributed by atoms with Gasteiger partial charge < -0.3 is 5.73 Å². The Kier molecular flexibility index (Phi) is 3.22. The van der Waals surface area contributed by atoms with Crippen LogP contribution in [0.25, 0.3) is 38.2 Å². The van der Waals surface area contributed by atoms with Crippen LogP contribution in [-0.4, -0.2) is 35.2 Å². The van der Waals surface area contributed by atoms with Gasteiger partial charge in [0.1, 0.15) is 5.82 Å². The lowest BCUT2D eigenvalue weighted by atomic mass is 10.0. The number of H-pyrrole nitrogens is 1. The molecule has 0 radical (unpaired) electrons. The van der Waals surface area contributed by atoms with Gasteiger partial charge in [-0.15, -0.1) is 16.4 Å². The minimum Gasteiger partial charge on any atom is -0.383 e. The predicted molar refractivity (Wildman–Crippen MR) is 101 cm³/mol. The number of thiophene rings is 1. The van der Waals surface area contributed by atoms with Crippen LogP contribution in [0, 0.1) is 0 Å². The van der Waals surface area contributed by atoms with Gasteiger partial charge in [0.05, 0.1) is 11.8 Å². The van der Waals surface area contributed by atoms with Crippen molar-refractivity contribution in [2.24, 2.45) is 0 Å². The molecule has 9 heteroatoms. The Morgan fingerprint density at radius 2 is 2.12 bits per heavy atom. The van der Waals surface area contributed by atoms with Gasteiger partial charge in [-0.2, -0.15) is 9.61 Å². The van der Waals surface area contributed by atoms with Gasteiger partial charge in [0.2, 0.25) is 0 Å². The zero-order valence-electron chi connectivity index (χ0n) is 13.8. The van der Waals surface area contributed by atoms with Crippen molar-refractivity contribution in [3.05, 3.63) is 41.5 Å². The van der Waals surface area contributed by atoms with E-state index < -0.39 is 0 Å². The first-order valence-electron chi connectivity index (χ1n) is 8.13. The van der Waals surface area contributed by atoms with Gasteiger partial charge in [-0.3, -0.25) is 0 Å².